The maximum atomic E-state index is 11.7. The summed E-state index contributed by atoms with van der Waals surface area (Å²) in [4.78, 5) is 11.7. The number of nitrogens with zero attached hydrogens (tertiary/aromatic N) is 3. The van der Waals surface area contributed by atoms with Gasteiger partial charge in [0, 0.05) is 12.3 Å². The average molecular weight is 462 g/mol. The predicted octanol–water partition coefficient (Wildman–Crippen LogP) is 6.42. The lowest BCUT2D eigenvalue weighted by Crippen LogP contribution is -2.11. The number of carbonyl (C=O) groups is 1. The van der Waals surface area contributed by atoms with Crippen molar-refractivity contribution in [3.63, 3.8) is 0 Å². The SMILES string of the molecule is CCSC(=O)OCO/C(=C(/C#N)c1ccc(C(C)(C)C)cc1)c1c(Cl)c(C)nn1CC. The molecule has 0 aliphatic heterocycles. The molecule has 2 aromatic rings. The Bertz CT molecular complexity index is 999. The van der Waals surface area contributed by atoms with E-state index < -0.39 is 5.30 Å². The fourth-order valence-corrected chi connectivity index (χ4v) is 3.53. The van der Waals surface area contributed by atoms with Crippen LogP contribution in [0.25, 0.3) is 11.3 Å². The minimum atomic E-state index is -0.443. The molecule has 2 rings (SSSR count). The van der Waals surface area contributed by atoms with Crippen LogP contribution in [-0.2, 0) is 21.4 Å². The molecule has 1 aromatic carbocycles. The predicted molar refractivity (Wildman–Crippen MR) is 126 cm³/mol. The van der Waals surface area contributed by atoms with Crippen LogP contribution in [0.4, 0.5) is 4.79 Å². The number of aromatic nitrogens is 2. The van der Waals surface area contributed by atoms with Crippen LogP contribution < -0.4 is 0 Å². The molecule has 0 aliphatic rings. The number of nitriles is 1. The summed E-state index contributed by atoms with van der Waals surface area (Å²) in [7, 11) is 0. The number of halogens is 1. The molecule has 0 saturated carbocycles. The second kappa shape index (κ2) is 10.7. The molecule has 1 aromatic heterocycles. The van der Waals surface area contributed by atoms with E-state index in [-0.39, 0.29) is 23.5 Å². The first-order chi connectivity index (χ1) is 14.6. The van der Waals surface area contributed by atoms with Crippen molar-refractivity contribution in [2.24, 2.45) is 0 Å². The van der Waals surface area contributed by atoms with Crippen LogP contribution in [0.1, 0.15) is 57.1 Å². The normalized spacial score (nSPS) is 12.2. The second-order valence-corrected chi connectivity index (χ2v) is 9.37. The van der Waals surface area contributed by atoms with Gasteiger partial charge in [-0.05, 0) is 42.2 Å². The number of ether oxygens (including phenoxy) is 2. The highest BCUT2D eigenvalue weighted by molar-refractivity contribution is 8.13. The van der Waals surface area contributed by atoms with Crippen molar-refractivity contribution in [3.05, 3.63) is 51.8 Å². The molecule has 0 N–H and O–H groups in total. The van der Waals surface area contributed by atoms with Gasteiger partial charge in [-0.1, -0.05) is 63.6 Å². The Balaban J connectivity index is 2.57. The summed E-state index contributed by atoms with van der Waals surface area (Å²) >= 11 is 7.58. The molecular weight excluding hydrogens is 434 g/mol. The second-order valence-electron chi connectivity index (χ2n) is 7.80. The molecule has 0 unspecified atom stereocenters. The van der Waals surface area contributed by atoms with Crippen molar-refractivity contribution < 1.29 is 14.3 Å². The zero-order valence-corrected chi connectivity index (χ0v) is 20.4. The van der Waals surface area contributed by atoms with Crippen LogP contribution in [0, 0.1) is 18.3 Å². The van der Waals surface area contributed by atoms with Gasteiger partial charge < -0.3 is 9.47 Å². The first kappa shape index (κ1) is 24.8. The molecular formula is C23H28ClN3O3S. The summed E-state index contributed by atoms with van der Waals surface area (Å²) in [6, 6.07) is 9.99. The fraction of sp³-hybridized carbons (Fsp3) is 0.435. The Morgan fingerprint density at radius 2 is 1.87 bits per heavy atom. The summed E-state index contributed by atoms with van der Waals surface area (Å²) < 4.78 is 12.7. The van der Waals surface area contributed by atoms with Gasteiger partial charge >= 0.3 is 5.30 Å². The lowest BCUT2D eigenvalue weighted by molar-refractivity contribution is 0.0587. The van der Waals surface area contributed by atoms with Gasteiger partial charge in [0.25, 0.3) is 0 Å². The molecule has 0 aliphatic carbocycles. The topological polar surface area (TPSA) is 77.1 Å². The number of carbonyl (C=O) groups excluding carboxylic acids is 1. The van der Waals surface area contributed by atoms with E-state index >= 15 is 0 Å². The van der Waals surface area contributed by atoms with Gasteiger partial charge in [0.15, 0.2) is 5.76 Å². The lowest BCUT2D eigenvalue weighted by Gasteiger charge is -2.19. The standard InChI is InChI=1S/C23H28ClN3O3S/c1-7-27-20(19(24)15(3)26-27)21(29-14-30-22(28)31-8-2)18(13-25)16-9-11-17(12-10-16)23(4,5)6/h9-12H,7-8,14H2,1-6H3/b21-18-. The number of aryl methyl sites for hydroxylation is 2. The first-order valence-corrected chi connectivity index (χ1v) is 11.4. The maximum Gasteiger partial charge on any atom is 0.370 e. The van der Waals surface area contributed by atoms with E-state index in [0.717, 1.165) is 17.3 Å². The number of hydrogen-bond donors (Lipinski definition) is 0. The highest BCUT2D eigenvalue weighted by atomic mass is 35.5. The molecule has 166 valence electrons. The van der Waals surface area contributed by atoms with Crippen LogP contribution in [0.15, 0.2) is 24.3 Å². The summed E-state index contributed by atoms with van der Waals surface area (Å²) in [5.74, 6) is 0.825. The van der Waals surface area contributed by atoms with Gasteiger partial charge in [0.05, 0.1) is 10.7 Å². The van der Waals surface area contributed by atoms with E-state index in [9.17, 15) is 10.1 Å². The molecule has 0 fully saturated rings. The number of rotatable bonds is 7. The molecule has 1 heterocycles. The summed E-state index contributed by atoms with van der Waals surface area (Å²) in [6.45, 7) is 12.1. The van der Waals surface area contributed by atoms with Gasteiger partial charge in [-0.25, -0.2) is 4.79 Å². The van der Waals surface area contributed by atoms with Crippen LogP contribution in [0.3, 0.4) is 0 Å². The van der Waals surface area contributed by atoms with Crippen molar-refractivity contribution in [2.75, 3.05) is 12.5 Å². The van der Waals surface area contributed by atoms with Crippen molar-refractivity contribution in [3.8, 4) is 6.07 Å². The van der Waals surface area contributed by atoms with E-state index in [4.69, 9.17) is 21.1 Å². The molecule has 0 amide bonds. The smallest absolute Gasteiger partial charge is 0.370 e. The van der Waals surface area contributed by atoms with Crippen molar-refractivity contribution in [2.45, 2.75) is 53.5 Å². The van der Waals surface area contributed by atoms with E-state index in [1.54, 1.807) is 11.6 Å². The quantitative estimate of drug-likeness (QED) is 0.205. The van der Waals surface area contributed by atoms with Crippen molar-refractivity contribution in [1.82, 2.24) is 9.78 Å². The van der Waals surface area contributed by atoms with E-state index in [0.29, 0.717) is 34.3 Å². The van der Waals surface area contributed by atoms with E-state index in [1.807, 2.05) is 38.1 Å². The highest BCUT2D eigenvalue weighted by Gasteiger charge is 2.24. The Morgan fingerprint density at radius 1 is 1.23 bits per heavy atom. The van der Waals surface area contributed by atoms with Crippen molar-refractivity contribution in [1.29, 1.82) is 5.26 Å². The van der Waals surface area contributed by atoms with Crippen LogP contribution in [-0.4, -0.2) is 27.6 Å². The minimum absolute atomic E-state index is 0.0131. The molecule has 0 saturated heterocycles. The largest absolute Gasteiger partial charge is 0.454 e. The minimum Gasteiger partial charge on any atom is -0.454 e. The van der Waals surface area contributed by atoms with Crippen molar-refractivity contribution >= 4 is 40.0 Å². The number of hydrogen-bond acceptors (Lipinski definition) is 6. The van der Waals surface area contributed by atoms with Crippen LogP contribution in [0.2, 0.25) is 5.02 Å². The third-order valence-corrected chi connectivity index (χ3v) is 5.68. The fourth-order valence-electron chi connectivity index (χ4n) is 2.94. The van der Waals surface area contributed by atoms with Gasteiger partial charge in [0.2, 0.25) is 6.79 Å². The lowest BCUT2D eigenvalue weighted by atomic mass is 9.86. The summed E-state index contributed by atoms with van der Waals surface area (Å²) in [6.07, 6.45) is 0. The Kier molecular flexibility index (Phi) is 8.60. The maximum absolute atomic E-state index is 11.7. The van der Waals surface area contributed by atoms with Crippen LogP contribution in [0.5, 0.6) is 0 Å². The number of benzene rings is 1. The van der Waals surface area contributed by atoms with E-state index in [2.05, 4.69) is 31.9 Å². The highest BCUT2D eigenvalue weighted by Crippen LogP contribution is 2.34. The van der Waals surface area contributed by atoms with Gasteiger partial charge in [-0.3, -0.25) is 4.68 Å². The van der Waals surface area contributed by atoms with Gasteiger partial charge in [-0.15, -0.1) is 0 Å². The zero-order valence-electron chi connectivity index (χ0n) is 18.8. The number of allylic oxidation sites excluding steroid dienone is 1. The Labute approximate surface area is 193 Å². The molecule has 0 atom stereocenters. The monoisotopic (exact) mass is 461 g/mol. The molecule has 6 nitrogen and oxygen atoms in total. The first-order valence-electron chi connectivity index (χ1n) is 10.0. The summed E-state index contributed by atoms with van der Waals surface area (Å²) in [5.41, 5.74) is 3.21. The van der Waals surface area contributed by atoms with Gasteiger partial charge in [-0.2, -0.15) is 10.4 Å². The average Bonchev–Trinajstić information content (AvgIpc) is 3.01. The molecule has 0 spiro atoms. The summed E-state index contributed by atoms with van der Waals surface area (Å²) in [5, 5.41) is 14.4. The number of thioether (sulfide) groups is 1. The molecule has 8 heteroatoms. The third kappa shape index (κ3) is 6.05. The van der Waals surface area contributed by atoms with E-state index in [1.165, 1.54) is 0 Å². The van der Waals surface area contributed by atoms with Crippen LogP contribution >= 0.6 is 23.4 Å². The third-order valence-electron chi connectivity index (χ3n) is 4.59. The molecule has 0 radical (unpaired) electrons. The molecule has 0 bridgehead atoms. The Hall–Kier alpha value is -2.43. The Morgan fingerprint density at radius 3 is 2.39 bits per heavy atom. The van der Waals surface area contributed by atoms with Gasteiger partial charge in [0.1, 0.15) is 17.3 Å². The molecule has 31 heavy (non-hydrogen) atoms. The zero-order chi connectivity index (χ0) is 23.2.